The largest absolute Gasteiger partial charge is 0.341 e. The SMILES string of the molecule is Cc1nn(C)cc1CN(C)C(=O)C1CCN(C2CCS(=O)(=O)C2)CC1. The molecular formula is C17H28N4O3S. The van der Waals surface area contributed by atoms with Gasteiger partial charge in [-0.1, -0.05) is 0 Å². The smallest absolute Gasteiger partial charge is 0.225 e. The van der Waals surface area contributed by atoms with Crippen molar-refractivity contribution >= 4 is 15.7 Å². The van der Waals surface area contributed by atoms with E-state index in [9.17, 15) is 13.2 Å². The maximum Gasteiger partial charge on any atom is 0.225 e. The highest BCUT2D eigenvalue weighted by Crippen LogP contribution is 2.25. The normalized spacial score (nSPS) is 24.5. The van der Waals surface area contributed by atoms with Crippen molar-refractivity contribution in [2.24, 2.45) is 13.0 Å². The zero-order chi connectivity index (χ0) is 18.2. The summed E-state index contributed by atoms with van der Waals surface area (Å²) in [5, 5.41) is 4.32. The number of aryl methyl sites for hydroxylation is 2. The predicted octanol–water partition coefficient (Wildman–Crippen LogP) is 0.586. The third-order valence-electron chi connectivity index (χ3n) is 5.50. The van der Waals surface area contributed by atoms with Crippen LogP contribution in [0, 0.1) is 12.8 Å². The molecule has 2 fully saturated rings. The first kappa shape index (κ1) is 18.4. The van der Waals surface area contributed by atoms with Gasteiger partial charge in [-0.3, -0.25) is 14.4 Å². The zero-order valence-corrected chi connectivity index (χ0v) is 16.1. The van der Waals surface area contributed by atoms with Gasteiger partial charge in [-0.05, 0) is 39.3 Å². The minimum Gasteiger partial charge on any atom is -0.341 e. The van der Waals surface area contributed by atoms with E-state index < -0.39 is 9.84 Å². The average Bonchev–Trinajstić information content (AvgIpc) is 3.08. The summed E-state index contributed by atoms with van der Waals surface area (Å²) < 4.78 is 25.1. The summed E-state index contributed by atoms with van der Waals surface area (Å²) in [6.07, 6.45) is 4.32. The number of aromatic nitrogens is 2. The van der Waals surface area contributed by atoms with Crippen molar-refractivity contribution in [2.75, 3.05) is 31.6 Å². The van der Waals surface area contributed by atoms with E-state index in [0.29, 0.717) is 12.3 Å². The molecular weight excluding hydrogens is 340 g/mol. The Morgan fingerprint density at radius 3 is 2.52 bits per heavy atom. The van der Waals surface area contributed by atoms with Crippen LogP contribution in [0.25, 0.3) is 0 Å². The average molecular weight is 369 g/mol. The lowest BCUT2D eigenvalue weighted by molar-refractivity contribution is -0.136. The fourth-order valence-corrected chi connectivity index (χ4v) is 5.79. The molecule has 0 radical (unpaired) electrons. The second kappa shape index (κ2) is 7.07. The summed E-state index contributed by atoms with van der Waals surface area (Å²) in [6.45, 7) is 4.17. The molecule has 3 heterocycles. The number of hydrogen-bond acceptors (Lipinski definition) is 5. The molecule has 140 valence electrons. The Balaban J connectivity index is 1.52. The number of likely N-dealkylation sites (tertiary alicyclic amines) is 1. The van der Waals surface area contributed by atoms with Gasteiger partial charge in [0.1, 0.15) is 0 Å². The Morgan fingerprint density at radius 2 is 2.00 bits per heavy atom. The Hall–Kier alpha value is -1.41. The molecule has 0 aliphatic carbocycles. The minimum atomic E-state index is -2.85. The third kappa shape index (κ3) is 4.23. The summed E-state index contributed by atoms with van der Waals surface area (Å²) in [5.74, 6) is 0.813. The molecule has 0 aromatic carbocycles. The zero-order valence-electron chi connectivity index (χ0n) is 15.3. The summed E-state index contributed by atoms with van der Waals surface area (Å²) >= 11 is 0. The van der Waals surface area contributed by atoms with Gasteiger partial charge in [0, 0.05) is 44.4 Å². The van der Waals surface area contributed by atoms with Crippen LogP contribution in [0.1, 0.15) is 30.5 Å². The van der Waals surface area contributed by atoms with Gasteiger partial charge in [-0.25, -0.2) is 8.42 Å². The van der Waals surface area contributed by atoms with Crippen molar-refractivity contribution in [3.8, 4) is 0 Å². The van der Waals surface area contributed by atoms with Crippen molar-refractivity contribution in [1.29, 1.82) is 0 Å². The Kier molecular flexibility index (Phi) is 5.20. The van der Waals surface area contributed by atoms with E-state index in [1.807, 2.05) is 27.2 Å². The van der Waals surface area contributed by atoms with Crippen LogP contribution in [0.2, 0.25) is 0 Å². The second-order valence-corrected chi connectivity index (χ2v) is 9.70. The lowest BCUT2D eigenvalue weighted by Crippen LogP contribution is -2.45. The van der Waals surface area contributed by atoms with E-state index in [4.69, 9.17) is 0 Å². The van der Waals surface area contributed by atoms with Gasteiger partial charge in [0.15, 0.2) is 9.84 Å². The van der Waals surface area contributed by atoms with Crippen LogP contribution < -0.4 is 0 Å². The van der Waals surface area contributed by atoms with Crippen molar-refractivity contribution in [3.05, 3.63) is 17.5 Å². The van der Waals surface area contributed by atoms with Gasteiger partial charge in [0.2, 0.25) is 5.91 Å². The highest BCUT2D eigenvalue weighted by atomic mass is 32.2. The summed E-state index contributed by atoms with van der Waals surface area (Å²) in [4.78, 5) is 16.8. The van der Waals surface area contributed by atoms with Gasteiger partial charge in [0.25, 0.3) is 0 Å². The minimum absolute atomic E-state index is 0.0382. The van der Waals surface area contributed by atoms with Gasteiger partial charge in [-0.2, -0.15) is 5.10 Å². The first-order valence-corrected chi connectivity index (χ1v) is 10.8. The lowest BCUT2D eigenvalue weighted by atomic mass is 9.94. The molecule has 0 N–H and O–H groups in total. The molecule has 0 spiro atoms. The Bertz CT molecular complexity index is 735. The monoisotopic (exact) mass is 368 g/mol. The van der Waals surface area contributed by atoms with E-state index in [1.54, 1.807) is 9.58 Å². The Morgan fingerprint density at radius 1 is 1.32 bits per heavy atom. The highest BCUT2D eigenvalue weighted by Gasteiger charge is 2.35. The summed E-state index contributed by atoms with van der Waals surface area (Å²) in [5.41, 5.74) is 2.03. The van der Waals surface area contributed by atoms with Crippen LogP contribution in [0.5, 0.6) is 0 Å². The second-order valence-electron chi connectivity index (χ2n) is 7.47. The fraction of sp³-hybridized carbons (Fsp3) is 0.765. The molecule has 1 amide bonds. The maximum absolute atomic E-state index is 12.7. The first-order valence-electron chi connectivity index (χ1n) is 8.94. The number of rotatable bonds is 4. The standard InChI is InChI=1S/C17H28N4O3S/c1-13-15(11-20(3)18-13)10-19(2)17(22)14-4-7-21(8-5-14)16-6-9-25(23,24)12-16/h11,14,16H,4-10,12H2,1-3H3. The van der Waals surface area contributed by atoms with E-state index in [2.05, 4.69) is 10.00 Å². The first-order chi connectivity index (χ1) is 11.7. The van der Waals surface area contributed by atoms with Gasteiger partial charge >= 0.3 is 0 Å². The third-order valence-corrected chi connectivity index (χ3v) is 7.25. The van der Waals surface area contributed by atoms with Crippen LogP contribution in [0.15, 0.2) is 6.20 Å². The topological polar surface area (TPSA) is 75.5 Å². The molecule has 8 heteroatoms. The van der Waals surface area contributed by atoms with E-state index >= 15 is 0 Å². The fourth-order valence-electron chi connectivity index (χ4n) is 4.02. The molecule has 25 heavy (non-hydrogen) atoms. The molecule has 2 aliphatic heterocycles. The molecule has 2 aliphatic rings. The molecule has 1 atom stereocenters. The number of sulfone groups is 1. The molecule has 1 aromatic heterocycles. The van der Waals surface area contributed by atoms with E-state index in [-0.39, 0.29) is 23.6 Å². The van der Waals surface area contributed by atoms with Crippen molar-refractivity contribution in [2.45, 2.75) is 38.8 Å². The number of hydrogen-bond donors (Lipinski definition) is 0. The molecule has 2 saturated heterocycles. The van der Waals surface area contributed by atoms with Crippen molar-refractivity contribution < 1.29 is 13.2 Å². The number of piperidine rings is 1. The molecule has 3 rings (SSSR count). The van der Waals surface area contributed by atoms with Crippen LogP contribution in [0.3, 0.4) is 0 Å². The quantitative estimate of drug-likeness (QED) is 0.777. The Labute approximate surface area is 149 Å². The molecule has 0 bridgehead atoms. The van der Waals surface area contributed by atoms with Gasteiger partial charge < -0.3 is 4.90 Å². The van der Waals surface area contributed by atoms with E-state index in [1.165, 1.54) is 0 Å². The number of carbonyl (C=O) groups excluding carboxylic acids is 1. The molecule has 7 nitrogen and oxygen atoms in total. The van der Waals surface area contributed by atoms with Crippen molar-refractivity contribution in [3.63, 3.8) is 0 Å². The number of nitrogens with zero attached hydrogens (tertiary/aromatic N) is 4. The van der Waals surface area contributed by atoms with Crippen LogP contribution in [0.4, 0.5) is 0 Å². The van der Waals surface area contributed by atoms with Gasteiger partial charge in [-0.15, -0.1) is 0 Å². The molecule has 1 unspecified atom stereocenters. The van der Waals surface area contributed by atoms with Crippen LogP contribution >= 0.6 is 0 Å². The van der Waals surface area contributed by atoms with Crippen LogP contribution in [-0.4, -0.2) is 71.6 Å². The summed E-state index contributed by atoms with van der Waals surface area (Å²) in [6, 6.07) is 0.150. The maximum atomic E-state index is 12.7. The van der Waals surface area contributed by atoms with Crippen LogP contribution in [-0.2, 0) is 28.2 Å². The lowest BCUT2D eigenvalue weighted by Gasteiger charge is -2.36. The van der Waals surface area contributed by atoms with Gasteiger partial charge in [0.05, 0.1) is 17.2 Å². The predicted molar refractivity (Wildman–Crippen MR) is 95.8 cm³/mol. The summed E-state index contributed by atoms with van der Waals surface area (Å²) in [7, 11) is 0.889. The van der Waals surface area contributed by atoms with Crippen molar-refractivity contribution in [1.82, 2.24) is 19.6 Å². The number of amides is 1. The van der Waals surface area contributed by atoms with E-state index in [0.717, 1.165) is 43.6 Å². The molecule has 0 saturated carbocycles. The number of carbonyl (C=O) groups is 1. The highest BCUT2D eigenvalue weighted by molar-refractivity contribution is 7.91. The molecule has 1 aromatic rings.